The predicted octanol–water partition coefficient (Wildman–Crippen LogP) is -0.288. The first kappa shape index (κ1) is 12.0. The molecule has 0 heterocycles. The standard InChI is InChI=1S/C10H18N2O3/c1-11(7-10(14)15-3)6-9(13)12(2)8-4-5-8/h8H,4-7H2,1-3H3. The van der Waals surface area contributed by atoms with E-state index in [4.69, 9.17) is 0 Å². The summed E-state index contributed by atoms with van der Waals surface area (Å²) in [6.07, 6.45) is 2.20. The molecule has 1 rings (SSSR count). The van der Waals surface area contributed by atoms with Gasteiger partial charge in [0.2, 0.25) is 5.91 Å². The molecule has 5 heteroatoms. The molecule has 0 aromatic rings. The summed E-state index contributed by atoms with van der Waals surface area (Å²) in [4.78, 5) is 26.0. The van der Waals surface area contributed by atoms with Crippen molar-refractivity contribution in [3.63, 3.8) is 0 Å². The van der Waals surface area contributed by atoms with Crippen molar-refractivity contribution in [2.75, 3.05) is 34.3 Å². The Kier molecular flexibility index (Phi) is 4.08. The van der Waals surface area contributed by atoms with Crippen LogP contribution >= 0.6 is 0 Å². The van der Waals surface area contributed by atoms with Crippen LogP contribution in [0.1, 0.15) is 12.8 Å². The van der Waals surface area contributed by atoms with Crippen LogP contribution in [0, 0.1) is 0 Å². The first-order valence-corrected chi connectivity index (χ1v) is 5.05. The number of carbonyl (C=O) groups is 2. The Labute approximate surface area is 90.0 Å². The van der Waals surface area contributed by atoms with Crippen molar-refractivity contribution in [3.05, 3.63) is 0 Å². The van der Waals surface area contributed by atoms with Crippen molar-refractivity contribution in [3.8, 4) is 0 Å². The van der Waals surface area contributed by atoms with Gasteiger partial charge >= 0.3 is 5.97 Å². The molecule has 0 aromatic carbocycles. The Morgan fingerprint density at radius 3 is 2.33 bits per heavy atom. The van der Waals surface area contributed by atoms with E-state index in [1.54, 1.807) is 16.8 Å². The zero-order chi connectivity index (χ0) is 11.4. The Hall–Kier alpha value is -1.10. The van der Waals surface area contributed by atoms with Gasteiger partial charge in [-0.25, -0.2) is 0 Å². The summed E-state index contributed by atoms with van der Waals surface area (Å²) in [7, 11) is 4.88. The lowest BCUT2D eigenvalue weighted by Gasteiger charge is -2.20. The second-order valence-corrected chi connectivity index (χ2v) is 3.98. The number of ether oxygens (including phenoxy) is 1. The Bertz CT molecular complexity index is 251. The van der Waals surface area contributed by atoms with Gasteiger partial charge in [-0.15, -0.1) is 0 Å². The molecule has 86 valence electrons. The van der Waals surface area contributed by atoms with Crippen molar-refractivity contribution in [1.82, 2.24) is 9.80 Å². The van der Waals surface area contributed by atoms with Crippen LogP contribution in [0.25, 0.3) is 0 Å². The Balaban J connectivity index is 2.26. The predicted molar refractivity (Wildman–Crippen MR) is 55.3 cm³/mol. The minimum atomic E-state index is -0.320. The molecule has 1 aliphatic carbocycles. The van der Waals surface area contributed by atoms with E-state index in [2.05, 4.69) is 4.74 Å². The van der Waals surface area contributed by atoms with Gasteiger partial charge in [0.25, 0.3) is 0 Å². The maximum absolute atomic E-state index is 11.6. The molecular formula is C10H18N2O3. The van der Waals surface area contributed by atoms with E-state index in [0.29, 0.717) is 6.04 Å². The maximum Gasteiger partial charge on any atom is 0.319 e. The van der Waals surface area contributed by atoms with Crippen LogP contribution in [0.5, 0.6) is 0 Å². The zero-order valence-electron chi connectivity index (χ0n) is 9.52. The van der Waals surface area contributed by atoms with Gasteiger partial charge in [0.15, 0.2) is 0 Å². The van der Waals surface area contributed by atoms with E-state index in [-0.39, 0.29) is 25.0 Å². The van der Waals surface area contributed by atoms with Crippen LogP contribution < -0.4 is 0 Å². The molecule has 0 spiro atoms. The molecule has 0 aromatic heterocycles. The van der Waals surface area contributed by atoms with E-state index in [1.807, 2.05) is 7.05 Å². The van der Waals surface area contributed by atoms with E-state index in [0.717, 1.165) is 12.8 Å². The molecule has 0 unspecified atom stereocenters. The summed E-state index contributed by atoms with van der Waals surface area (Å²) in [5, 5.41) is 0. The van der Waals surface area contributed by atoms with Crippen LogP contribution in [0.3, 0.4) is 0 Å². The summed E-state index contributed by atoms with van der Waals surface area (Å²) in [6.45, 7) is 0.419. The average Bonchev–Trinajstić information content (AvgIpc) is 2.99. The van der Waals surface area contributed by atoms with Gasteiger partial charge < -0.3 is 9.64 Å². The summed E-state index contributed by atoms with van der Waals surface area (Å²) in [5.41, 5.74) is 0. The van der Waals surface area contributed by atoms with Gasteiger partial charge in [-0.2, -0.15) is 0 Å². The lowest BCUT2D eigenvalue weighted by Crippen LogP contribution is -2.39. The molecule has 0 saturated heterocycles. The number of methoxy groups -OCH3 is 1. The number of rotatable bonds is 5. The molecule has 1 saturated carbocycles. The van der Waals surface area contributed by atoms with E-state index in [9.17, 15) is 9.59 Å². The van der Waals surface area contributed by atoms with Crippen molar-refractivity contribution in [2.45, 2.75) is 18.9 Å². The van der Waals surface area contributed by atoms with Crippen LogP contribution in [-0.2, 0) is 14.3 Å². The molecule has 5 nitrogen and oxygen atoms in total. The monoisotopic (exact) mass is 214 g/mol. The molecule has 0 N–H and O–H groups in total. The fourth-order valence-corrected chi connectivity index (χ4v) is 1.35. The molecule has 1 fully saturated rings. The molecule has 0 aliphatic heterocycles. The zero-order valence-corrected chi connectivity index (χ0v) is 9.52. The number of hydrogen-bond acceptors (Lipinski definition) is 4. The molecule has 1 aliphatic rings. The molecule has 0 atom stereocenters. The maximum atomic E-state index is 11.6. The van der Waals surface area contributed by atoms with Crippen LogP contribution in [0.4, 0.5) is 0 Å². The normalized spacial score (nSPS) is 15.2. The molecular weight excluding hydrogens is 196 g/mol. The lowest BCUT2D eigenvalue weighted by atomic mass is 10.4. The number of esters is 1. The largest absolute Gasteiger partial charge is 0.468 e. The Morgan fingerprint density at radius 1 is 1.27 bits per heavy atom. The van der Waals surface area contributed by atoms with Crippen LogP contribution in [0.2, 0.25) is 0 Å². The highest BCUT2D eigenvalue weighted by molar-refractivity contribution is 5.79. The fourth-order valence-electron chi connectivity index (χ4n) is 1.35. The van der Waals surface area contributed by atoms with Gasteiger partial charge in [-0.1, -0.05) is 0 Å². The SMILES string of the molecule is COC(=O)CN(C)CC(=O)N(C)C1CC1. The second-order valence-electron chi connectivity index (χ2n) is 3.98. The highest BCUT2D eigenvalue weighted by Gasteiger charge is 2.29. The first-order chi connectivity index (χ1) is 7.04. The summed E-state index contributed by atoms with van der Waals surface area (Å²) in [5.74, 6) is -0.261. The molecule has 0 bridgehead atoms. The molecule has 1 amide bonds. The summed E-state index contributed by atoms with van der Waals surface area (Å²) >= 11 is 0. The van der Waals surface area contributed by atoms with Crippen LogP contribution in [0.15, 0.2) is 0 Å². The fraction of sp³-hybridized carbons (Fsp3) is 0.800. The van der Waals surface area contributed by atoms with Crippen molar-refractivity contribution < 1.29 is 14.3 Å². The van der Waals surface area contributed by atoms with Crippen LogP contribution in [-0.4, -0.2) is 62.0 Å². The van der Waals surface area contributed by atoms with Gasteiger partial charge in [-0.3, -0.25) is 14.5 Å². The Morgan fingerprint density at radius 2 is 1.87 bits per heavy atom. The summed E-state index contributed by atoms with van der Waals surface area (Å²) < 4.78 is 4.52. The minimum absolute atomic E-state index is 0.0592. The number of hydrogen-bond donors (Lipinski definition) is 0. The van der Waals surface area contributed by atoms with Gasteiger partial charge in [0.1, 0.15) is 0 Å². The van der Waals surface area contributed by atoms with Gasteiger partial charge in [-0.05, 0) is 19.9 Å². The highest BCUT2D eigenvalue weighted by atomic mass is 16.5. The van der Waals surface area contributed by atoms with Crippen molar-refractivity contribution in [1.29, 1.82) is 0 Å². The quantitative estimate of drug-likeness (QED) is 0.590. The number of likely N-dealkylation sites (N-methyl/N-ethyl adjacent to an activating group) is 2. The minimum Gasteiger partial charge on any atom is -0.468 e. The first-order valence-electron chi connectivity index (χ1n) is 5.05. The number of amides is 1. The van der Waals surface area contributed by atoms with E-state index in [1.165, 1.54) is 7.11 Å². The number of nitrogens with zero attached hydrogens (tertiary/aromatic N) is 2. The van der Waals surface area contributed by atoms with Gasteiger partial charge in [0.05, 0.1) is 20.2 Å². The van der Waals surface area contributed by atoms with Gasteiger partial charge in [0, 0.05) is 13.1 Å². The third-order valence-corrected chi connectivity index (χ3v) is 2.52. The third-order valence-electron chi connectivity index (χ3n) is 2.52. The van der Waals surface area contributed by atoms with Crippen molar-refractivity contribution >= 4 is 11.9 Å². The molecule has 15 heavy (non-hydrogen) atoms. The number of carbonyl (C=O) groups excluding carboxylic acids is 2. The summed E-state index contributed by atoms with van der Waals surface area (Å²) in [6, 6.07) is 0.420. The lowest BCUT2D eigenvalue weighted by molar-refractivity contribution is -0.142. The van der Waals surface area contributed by atoms with Crippen molar-refractivity contribution in [2.24, 2.45) is 0 Å². The average molecular weight is 214 g/mol. The highest BCUT2D eigenvalue weighted by Crippen LogP contribution is 2.25. The van der Waals surface area contributed by atoms with E-state index < -0.39 is 0 Å². The third kappa shape index (κ3) is 3.87. The topological polar surface area (TPSA) is 49.9 Å². The van der Waals surface area contributed by atoms with E-state index >= 15 is 0 Å². The second kappa shape index (κ2) is 5.11. The molecule has 0 radical (unpaired) electrons. The smallest absolute Gasteiger partial charge is 0.319 e.